The van der Waals surface area contributed by atoms with Crippen molar-refractivity contribution in [1.29, 1.82) is 0 Å². The number of carbonyl (C=O) groups excluding carboxylic acids is 1. The number of rotatable bonds is 8. The molecule has 1 amide bonds. The van der Waals surface area contributed by atoms with E-state index >= 15 is 0 Å². The predicted octanol–water partition coefficient (Wildman–Crippen LogP) is 5.36. The van der Waals surface area contributed by atoms with Crippen LogP contribution in [-0.2, 0) is 16.6 Å². The number of benzene rings is 2. The van der Waals surface area contributed by atoms with E-state index in [9.17, 15) is 13.2 Å². The summed E-state index contributed by atoms with van der Waals surface area (Å²) in [5.74, 6) is 1.01. The SMILES string of the molecule is CCOc1ccc2nc(N(Cc3cccnc3)C(=O)c3ccc(S(=O)(=O)N4CCC(C)CC4)cc3)sc2c1. The van der Waals surface area contributed by atoms with E-state index in [1.54, 1.807) is 29.4 Å². The number of carbonyl (C=O) groups is 1. The minimum Gasteiger partial charge on any atom is -0.494 e. The molecule has 2 aromatic carbocycles. The van der Waals surface area contributed by atoms with Crippen molar-refractivity contribution < 1.29 is 17.9 Å². The molecule has 1 aliphatic heterocycles. The first-order chi connectivity index (χ1) is 18.3. The summed E-state index contributed by atoms with van der Waals surface area (Å²) in [5.41, 5.74) is 2.01. The monoisotopic (exact) mass is 550 g/mol. The van der Waals surface area contributed by atoms with Crippen molar-refractivity contribution in [2.45, 2.75) is 38.1 Å². The largest absolute Gasteiger partial charge is 0.494 e. The highest BCUT2D eigenvalue weighted by molar-refractivity contribution is 7.89. The van der Waals surface area contributed by atoms with E-state index in [-0.39, 0.29) is 17.3 Å². The number of nitrogens with zero attached hydrogens (tertiary/aromatic N) is 4. The molecule has 1 saturated heterocycles. The molecular weight excluding hydrogens is 520 g/mol. The van der Waals surface area contributed by atoms with E-state index in [0.29, 0.717) is 36.3 Å². The molecule has 2 aromatic heterocycles. The molecule has 8 nitrogen and oxygen atoms in total. The highest BCUT2D eigenvalue weighted by Crippen LogP contribution is 2.33. The molecule has 0 unspecified atom stereocenters. The van der Waals surface area contributed by atoms with Gasteiger partial charge in [0, 0.05) is 31.0 Å². The molecule has 10 heteroatoms. The number of hydrogen-bond donors (Lipinski definition) is 0. The van der Waals surface area contributed by atoms with Crippen LogP contribution in [0.15, 0.2) is 71.9 Å². The summed E-state index contributed by atoms with van der Waals surface area (Å²) in [5, 5.41) is 0.543. The van der Waals surface area contributed by atoms with Gasteiger partial charge in [0.25, 0.3) is 5.91 Å². The third-order valence-electron chi connectivity index (χ3n) is 6.68. The van der Waals surface area contributed by atoms with Crippen molar-refractivity contribution in [2.24, 2.45) is 5.92 Å². The first kappa shape index (κ1) is 26.3. The summed E-state index contributed by atoms with van der Waals surface area (Å²) < 4.78 is 34.4. The predicted molar refractivity (Wildman–Crippen MR) is 149 cm³/mol. The topological polar surface area (TPSA) is 92.7 Å². The molecule has 0 atom stereocenters. The van der Waals surface area contributed by atoms with Crippen molar-refractivity contribution in [3.8, 4) is 5.75 Å². The van der Waals surface area contributed by atoms with Crippen LogP contribution >= 0.6 is 11.3 Å². The Morgan fingerprint density at radius 3 is 2.58 bits per heavy atom. The molecule has 198 valence electrons. The van der Waals surface area contributed by atoms with Crippen molar-refractivity contribution >= 4 is 42.6 Å². The zero-order chi connectivity index (χ0) is 26.7. The number of amides is 1. The second-order valence-electron chi connectivity index (χ2n) is 9.42. The standard InChI is InChI=1S/C28H30N4O4S2/c1-3-36-23-8-11-25-26(17-23)37-28(30-25)32(19-21-5-4-14-29-18-21)27(33)22-6-9-24(10-7-22)38(34,35)31-15-12-20(2)13-16-31/h4-11,14,17-18,20H,3,12-13,15-16,19H2,1-2H3. The van der Waals surface area contributed by atoms with Crippen molar-refractivity contribution in [3.05, 3.63) is 78.1 Å². The lowest BCUT2D eigenvalue weighted by Crippen LogP contribution is -2.37. The summed E-state index contributed by atoms with van der Waals surface area (Å²) in [6.45, 7) is 5.95. The number of hydrogen-bond acceptors (Lipinski definition) is 7. The van der Waals surface area contributed by atoms with Gasteiger partial charge in [-0.15, -0.1) is 0 Å². The van der Waals surface area contributed by atoms with Crippen LogP contribution in [0.4, 0.5) is 5.13 Å². The van der Waals surface area contributed by atoms with Gasteiger partial charge in [0.1, 0.15) is 5.75 Å². The lowest BCUT2D eigenvalue weighted by molar-refractivity contribution is 0.0985. The average molecular weight is 551 g/mol. The highest BCUT2D eigenvalue weighted by atomic mass is 32.2. The van der Waals surface area contributed by atoms with E-state index in [4.69, 9.17) is 9.72 Å². The molecule has 5 rings (SSSR count). The summed E-state index contributed by atoms with van der Waals surface area (Å²) >= 11 is 1.40. The maximum Gasteiger partial charge on any atom is 0.260 e. The fraction of sp³-hybridized carbons (Fsp3) is 0.321. The molecule has 0 saturated carbocycles. The third-order valence-corrected chi connectivity index (χ3v) is 9.63. The second kappa shape index (κ2) is 11.2. The van der Waals surface area contributed by atoms with Crippen LogP contribution in [0, 0.1) is 5.92 Å². The Bertz CT molecular complexity index is 1510. The molecule has 0 N–H and O–H groups in total. The fourth-order valence-electron chi connectivity index (χ4n) is 4.46. The first-order valence-electron chi connectivity index (χ1n) is 12.7. The number of fused-ring (bicyclic) bond motifs is 1. The fourth-order valence-corrected chi connectivity index (χ4v) is 6.93. The van der Waals surface area contributed by atoms with E-state index in [1.165, 1.54) is 27.8 Å². The number of ether oxygens (including phenoxy) is 1. The molecule has 3 heterocycles. The molecule has 1 fully saturated rings. The van der Waals surface area contributed by atoms with Gasteiger partial charge in [-0.05, 0) is 79.8 Å². The second-order valence-corrected chi connectivity index (χ2v) is 12.4. The van der Waals surface area contributed by atoms with E-state index < -0.39 is 10.0 Å². The van der Waals surface area contributed by atoms with Gasteiger partial charge in [-0.1, -0.05) is 24.3 Å². The van der Waals surface area contributed by atoms with Gasteiger partial charge in [-0.25, -0.2) is 13.4 Å². The van der Waals surface area contributed by atoms with E-state index in [2.05, 4.69) is 11.9 Å². The quantitative estimate of drug-likeness (QED) is 0.293. The molecule has 0 bridgehead atoms. The normalized spacial score (nSPS) is 15.0. The zero-order valence-corrected chi connectivity index (χ0v) is 23.0. The Labute approximate surface area is 227 Å². The van der Waals surface area contributed by atoms with Crippen LogP contribution in [0.5, 0.6) is 5.75 Å². The maximum atomic E-state index is 13.8. The summed E-state index contributed by atoms with van der Waals surface area (Å²) in [4.78, 5) is 24.5. The van der Waals surface area contributed by atoms with Gasteiger partial charge in [0.05, 0.1) is 28.3 Å². The molecule has 38 heavy (non-hydrogen) atoms. The Morgan fingerprint density at radius 1 is 1.13 bits per heavy atom. The van der Waals surface area contributed by atoms with Crippen molar-refractivity contribution in [3.63, 3.8) is 0 Å². The molecule has 0 aliphatic carbocycles. The number of sulfonamides is 1. The van der Waals surface area contributed by atoms with Crippen LogP contribution < -0.4 is 9.64 Å². The van der Waals surface area contributed by atoms with Gasteiger partial charge < -0.3 is 4.74 Å². The van der Waals surface area contributed by atoms with Gasteiger partial charge in [-0.3, -0.25) is 14.7 Å². The van der Waals surface area contributed by atoms with Gasteiger partial charge in [-0.2, -0.15) is 4.31 Å². The Morgan fingerprint density at radius 2 is 1.89 bits per heavy atom. The van der Waals surface area contributed by atoms with Crippen molar-refractivity contribution in [1.82, 2.24) is 14.3 Å². The lowest BCUT2D eigenvalue weighted by atomic mass is 10.0. The molecular formula is C28H30N4O4S2. The molecule has 1 aliphatic rings. The maximum absolute atomic E-state index is 13.8. The zero-order valence-electron chi connectivity index (χ0n) is 21.4. The van der Waals surface area contributed by atoms with Crippen LogP contribution in [-0.4, -0.2) is 48.3 Å². The number of aromatic nitrogens is 2. The van der Waals surface area contributed by atoms with Gasteiger partial charge in [0.15, 0.2) is 5.13 Å². The lowest BCUT2D eigenvalue weighted by Gasteiger charge is -2.29. The van der Waals surface area contributed by atoms with Crippen LogP contribution in [0.2, 0.25) is 0 Å². The number of thiazole rings is 1. The van der Waals surface area contributed by atoms with Crippen LogP contribution in [0.3, 0.4) is 0 Å². The molecule has 4 aromatic rings. The van der Waals surface area contributed by atoms with Gasteiger partial charge >= 0.3 is 0 Å². The third kappa shape index (κ3) is 5.57. The summed E-state index contributed by atoms with van der Waals surface area (Å²) in [7, 11) is -3.60. The Kier molecular flexibility index (Phi) is 7.73. The molecule has 0 spiro atoms. The minimum absolute atomic E-state index is 0.200. The number of piperidine rings is 1. The highest BCUT2D eigenvalue weighted by Gasteiger charge is 2.29. The van der Waals surface area contributed by atoms with E-state index in [0.717, 1.165) is 34.4 Å². The summed E-state index contributed by atoms with van der Waals surface area (Å²) in [6.07, 6.45) is 5.11. The average Bonchev–Trinajstić information content (AvgIpc) is 3.36. The van der Waals surface area contributed by atoms with Crippen LogP contribution in [0.1, 0.15) is 42.6 Å². The number of anilines is 1. The van der Waals surface area contributed by atoms with Crippen LogP contribution in [0.25, 0.3) is 10.2 Å². The Balaban J connectivity index is 1.44. The minimum atomic E-state index is -3.60. The summed E-state index contributed by atoms with van der Waals surface area (Å²) in [6, 6.07) is 15.6. The van der Waals surface area contributed by atoms with Gasteiger partial charge in [0.2, 0.25) is 10.0 Å². The first-order valence-corrected chi connectivity index (χ1v) is 14.9. The number of pyridine rings is 1. The molecule has 0 radical (unpaired) electrons. The van der Waals surface area contributed by atoms with Crippen molar-refractivity contribution in [2.75, 3.05) is 24.6 Å². The van der Waals surface area contributed by atoms with E-state index in [1.807, 2.05) is 37.3 Å². The Hall–Kier alpha value is -3.34. The smallest absolute Gasteiger partial charge is 0.260 e.